The number of aliphatic hydroxyl groups is 1. The molecule has 1 heterocycles. The number of H-pyrrole nitrogens is 1. The first-order valence-electron chi connectivity index (χ1n) is 4.11. The predicted molar refractivity (Wildman–Crippen MR) is 44.0 cm³/mol. The van der Waals surface area contributed by atoms with Crippen LogP contribution >= 0.6 is 0 Å². The first kappa shape index (κ1) is 7.55. The van der Waals surface area contributed by atoms with E-state index in [1.54, 1.807) is 6.20 Å². The second-order valence-electron chi connectivity index (χ2n) is 3.25. The van der Waals surface area contributed by atoms with Crippen LogP contribution in [0, 0.1) is 5.92 Å². The van der Waals surface area contributed by atoms with Crippen molar-refractivity contribution in [2.24, 2.45) is 5.92 Å². The van der Waals surface area contributed by atoms with Gasteiger partial charge in [-0.15, -0.1) is 0 Å². The molecule has 12 heavy (non-hydrogen) atoms. The van der Waals surface area contributed by atoms with E-state index in [1.807, 2.05) is 6.07 Å². The molecule has 1 aliphatic carbocycles. The molecule has 0 amide bonds. The van der Waals surface area contributed by atoms with Gasteiger partial charge in [-0.25, -0.2) is 0 Å². The molecule has 2 rings (SSSR count). The van der Waals surface area contributed by atoms with Crippen LogP contribution in [0.3, 0.4) is 0 Å². The molecule has 0 aliphatic heterocycles. The second kappa shape index (κ2) is 2.75. The van der Waals surface area contributed by atoms with Gasteiger partial charge in [0, 0.05) is 30.5 Å². The average molecular weight is 165 g/mol. The van der Waals surface area contributed by atoms with Crippen molar-refractivity contribution in [1.82, 2.24) is 4.98 Å². The van der Waals surface area contributed by atoms with Crippen molar-refractivity contribution in [3.63, 3.8) is 0 Å². The number of hydrogen-bond donors (Lipinski definition) is 2. The highest BCUT2D eigenvalue weighted by Crippen LogP contribution is 2.23. The van der Waals surface area contributed by atoms with E-state index < -0.39 is 0 Å². The molecular formula is C9H11NO2. The average Bonchev–Trinajstić information content (AvgIpc) is 2.52. The number of nitrogens with one attached hydrogen (secondary N) is 1. The van der Waals surface area contributed by atoms with Crippen LogP contribution in [-0.2, 0) is 6.42 Å². The highest BCUT2D eigenvalue weighted by molar-refractivity contribution is 5.98. The quantitative estimate of drug-likeness (QED) is 0.645. The second-order valence-corrected chi connectivity index (χ2v) is 3.25. The highest BCUT2D eigenvalue weighted by atomic mass is 16.3. The van der Waals surface area contributed by atoms with E-state index in [1.165, 1.54) is 0 Å². The van der Waals surface area contributed by atoms with E-state index in [-0.39, 0.29) is 18.3 Å². The highest BCUT2D eigenvalue weighted by Gasteiger charge is 2.24. The topological polar surface area (TPSA) is 53.1 Å². The van der Waals surface area contributed by atoms with Crippen LogP contribution in [0.1, 0.15) is 22.5 Å². The zero-order valence-electron chi connectivity index (χ0n) is 6.71. The Morgan fingerprint density at radius 1 is 1.58 bits per heavy atom. The molecule has 0 saturated carbocycles. The maximum Gasteiger partial charge on any atom is 0.165 e. The Labute approximate surface area is 70.4 Å². The standard InChI is InChI=1S/C9H11NO2/c11-5-6-3-8-7(1-2-10-8)9(12)4-6/h1-2,6,10-11H,3-5H2. The van der Waals surface area contributed by atoms with Gasteiger partial charge in [0.05, 0.1) is 0 Å². The fraction of sp³-hybridized carbons (Fsp3) is 0.444. The first-order valence-corrected chi connectivity index (χ1v) is 4.11. The summed E-state index contributed by atoms with van der Waals surface area (Å²) in [6.07, 6.45) is 3.06. The molecule has 0 saturated heterocycles. The minimum absolute atomic E-state index is 0.101. The smallest absolute Gasteiger partial charge is 0.165 e. The minimum Gasteiger partial charge on any atom is -0.396 e. The normalized spacial score (nSPS) is 22.4. The molecule has 2 N–H and O–H groups in total. The van der Waals surface area contributed by atoms with E-state index in [0.717, 1.165) is 17.7 Å². The molecule has 1 aliphatic rings. The molecule has 0 spiro atoms. The Morgan fingerprint density at radius 2 is 2.42 bits per heavy atom. The maximum atomic E-state index is 11.4. The number of aromatic amines is 1. The number of aromatic nitrogens is 1. The largest absolute Gasteiger partial charge is 0.396 e. The summed E-state index contributed by atoms with van der Waals surface area (Å²) in [7, 11) is 0. The van der Waals surface area contributed by atoms with Gasteiger partial charge < -0.3 is 10.1 Å². The van der Waals surface area contributed by atoms with Crippen molar-refractivity contribution in [1.29, 1.82) is 0 Å². The molecule has 0 aromatic carbocycles. The summed E-state index contributed by atoms with van der Waals surface area (Å²) in [5.74, 6) is 0.264. The first-order chi connectivity index (χ1) is 5.81. The zero-order chi connectivity index (χ0) is 8.55. The van der Waals surface area contributed by atoms with E-state index in [9.17, 15) is 4.79 Å². The van der Waals surface area contributed by atoms with Crippen LogP contribution in [0.2, 0.25) is 0 Å². The van der Waals surface area contributed by atoms with Crippen LogP contribution < -0.4 is 0 Å². The van der Waals surface area contributed by atoms with Crippen molar-refractivity contribution in [2.75, 3.05) is 6.61 Å². The van der Waals surface area contributed by atoms with Gasteiger partial charge in [-0.3, -0.25) is 4.79 Å². The summed E-state index contributed by atoms with van der Waals surface area (Å²) in [5.41, 5.74) is 1.78. The lowest BCUT2D eigenvalue weighted by atomic mass is 9.88. The number of fused-ring (bicyclic) bond motifs is 1. The summed E-state index contributed by atoms with van der Waals surface area (Å²) < 4.78 is 0. The van der Waals surface area contributed by atoms with Crippen LogP contribution in [0.5, 0.6) is 0 Å². The van der Waals surface area contributed by atoms with Crippen molar-refractivity contribution in [2.45, 2.75) is 12.8 Å². The van der Waals surface area contributed by atoms with E-state index in [0.29, 0.717) is 6.42 Å². The van der Waals surface area contributed by atoms with Gasteiger partial charge in [-0.2, -0.15) is 0 Å². The molecule has 1 atom stereocenters. The Balaban J connectivity index is 2.32. The Kier molecular flexibility index (Phi) is 1.73. The number of carbonyl (C=O) groups is 1. The van der Waals surface area contributed by atoms with Crippen molar-refractivity contribution in [3.8, 4) is 0 Å². The van der Waals surface area contributed by atoms with Gasteiger partial charge in [0.15, 0.2) is 5.78 Å². The number of aliphatic hydroxyl groups excluding tert-OH is 1. The van der Waals surface area contributed by atoms with Crippen LogP contribution in [0.25, 0.3) is 0 Å². The molecule has 1 aromatic heterocycles. The van der Waals surface area contributed by atoms with E-state index in [2.05, 4.69) is 4.98 Å². The molecule has 3 nitrogen and oxygen atoms in total. The van der Waals surface area contributed by atoms with Gasteiger partial charge in [0.2, 0.25) is 0 Å². The van der Waals surface area contributed by atoms with Crippen LogP contribution in [0.4, 0.5) is 0 Å². The summed E-state index contributed by atoms with van der Waals surface area (Å²) in [6.45, 7) is 0.101. The number of ketones is 1. The van der Waals surface area contributed by atoms with E-state index in [4.69, 9.17) is 5.11 Å². The summed E-state index contributed by atoms with van der Waals surface area (Å²) in [6, 6.07) is 1.81. The zero-order valence-corrected chi connectivity index (χ0v) is 6.71. The Morgan fingerprint density at radius 3 is 3.17 bits per heavy atom. The lowest BCUT2D eigenvalue weighted by Gasteiger charge is -2.18. The molecule has 1 aromatic rings. The third-order valence-corrected chi connectivity index (χ3v) is 2.36. The van der Waals surface area contributed by atoms with Gasteiger partial charge >= 0.3 is 0 Å². The SMILES string of the molecule is O=C1CC(CO)Cc2[nH]ccc21. The summed E-state index contributed by atoms with van der Waals surface area (Å²) in [4.78, 5) is 14.4. The number of rotatable bonds is 1. The van der Waals surface area contributed by atoms with Gasteiger partial charge in [0.1, 0.15) is 0 Å². The molecular weight excluding hydrogens is 154 g/mol. The molecule has 3 heteroatoms. The molecule has 0 bridgehead atoms. The third-order valence-electron chi connectivity index (χ3n) is 2.36. The van der Waals surface area contributed by atoms with Gasteiger partial charge in [0.25, 0.3) is 0 Å². The van der Waals surface area contributed by atoms with Crippen molar-refractivity contribution < 1.29 is 9.90 Å². The lowest BCUT2D eigenvalue weighted by molar-refractivity contribution is 0.0918. The molecule has 0 fully saturated rings. The number of hydrogen-bond acceptors (Lipinski definition) is 2. The lowest BCUT2D eigenvalue weighted by Crippen LogP contribution is -2.21. The number of carbonyl (C=O) groups excluding carboxylic acids is 1. The molecule has 0 radical (unpaired) electrons. The minimum atomic E-state index is 0.101. The molecule has 1 unspecified atom stereocenters. The maximum absolute atomic E-state index is 11.4. The number of Topliss-reactive ketones (excluding diaryl/α,β-unsaturated/α-hetero) is 1. The van der Waals surface area contributed by atoms with Gasteiger partial charge in [-0.05, 0) is 18.4 Å². The van der Waals surface area contributed by atoms with Crippen LogP contribution in [0.15, 0.2) is 12.3 Å². The third kappa shape index (κ3) is 1.06. The van der Waals surface area contributed by atoms with Crippen molar-refractivity contribution in [3.05, 3.63) is 23.5 Å². The van der Waals surface area contributed by atoms with Crippen molar-refractivity contribution >= 4 is 5.78 Å². The fourth-order valence-electron chi connectivity index (χ4n) is 1.70. The molecule has 64 valence electrons. The predicted octanol–water partition coefficient (Wildman–Crippen LogP) is 0.752. The van der Waals surface area contributed by atoms with Gasteiger partial charge in [-0.1, -0.05) is 0 Å². The van der Waals surface area contributed by atoms with Crippen LogP contribution in [-0.4, -0.2) is 22.5 Å². The summed E-state index contributed by atoms with van der Waals surface area (Å²) >= 11 is 0. The summed E-state index contributed by atoms with van der Waals surface area (Å²) in [5, 5.41) is 8.91. The Bertz CT molecular complexity index is 303. The van der Waals surface area contributed by atoms with E-state index >= 15 is 0 Å². The monoisotopic (exact) mass is 165 g/mol. The Hall–Kier alpha value is -1.09. The fourth-order valence-corrected chi connectivity index (χ4v) is 1.70.